The molecular formula is C19H13FN2O4. The minimum atomic E-state index is -1.01. The fraction of sp³-hybridized carbons (Fsp3) is 0.105. The van der Waals surface area contributed by atoms with Crippen molar-refractivity contribution in [2.45, 2.75) is 12.5 Å². The molecule has 1 atom stereocenters. The summed E-state index contributed by atoms with van der Waals surface area (Å²) >= 11 is 0. The van der Waals surface area contributed by atoms with Gasteiger partial charge in [0.15, 0.2) is 6.10 Å². The first-order valence-electron chi connectivity index (χ1n) is 7.93. The van der Waals surface area contributed by atoms with Gasteiger partial charge in [0.2, 0.25) is 0 Å². The highest BCUT2D eigenvalue weighted by atomic mass is 19.1. The van der Waals surface area contributed by atoms with Crippen LogP contribution in [-0.4, -0.2) is 23.1 Å². The molecule has 1 aliphatic heterocycles. The van der Waals surface area contributed by atoms with Crippen LogP contribution in [0.4, 0.5) is 9.18 Å². The summed E-state index contributed by atoms with van der Waals surface area (Å²) in [7, 11) is 0. The number of alkyl carbamates (subject to hydrolysis) is 1. The number of rotatable bonds is 3. The molecule has 130 valence electrons. The van der Waals surface area contributed by atoms with E-state index in [1.807, 2.05) is 11.4 Å². The van der Waals surface area contributed by atoms with E-state index >= 15 is 0 Å². The van der Waals surface area contributed by atoms with E-state index in [0.29, 0.717) is 22.2 Å². The van der Waals surface area contributed by atoms with E-state index in [0.717, 1.165) is 5.39 Å². The number of amides is 2. The van der Waals surface area contributed by atoms with Gasteiger partial charge in [0.1, 0.15) is 5.82 Å². The fourth-order valence-electron chi connectivity index (χ4n) is 2.96. The highest BCUT2D eigenvalue weighted by Crippen LogP contribution is 2.24. The molecule has 1 aliphatic rings. The van der Waals surface area contributed by atoms with Crippen LogP contribution in [0.1, 0.15) is 5.56 Å². The van der Waals surface area contributed by atoms with E-state index in [-0.39, 0.29) is 12.2 Å². The largest absolute Gasteiger partial charge is 0.435 e. The lowest BCUT2D eigenvalue weighted by atomic mass is 10.0. The fourth-order valence-corrected chi connectivity index (χ4v) is 2.96. The van der Waals surface area contributed by atoms with E-state index in [9.17, 15) is 18.8 Å². The molecule has 1 aromatic heterocycles. The number of hydrogen-bond donors (Lipinski definition) is 2. The van der Waals surface area contributed by atoms with Crippen LogP contribution in [0.15, 0.2) is 53.3 Å². The van der Waals surface area contributed by atoms with Crippen LogP contribution in [-0.2, 0) is 16.0 Å². The van der Waals surface area contributed by atoms with E-state index in [4.69, 9.17) is 4.74 Å². The van der Waals surface area contributed by atoms with Crippen LogP contribution < -0.4 is 10.9 Å². The Kier molecular flexibility index (Phi) is 3.76. The number of hydrogen-bond acceptors (Lipinski definition) is 4. The molecule has 4 rings (SSSR count). The molecule has 2 aromatic carbocycles. The van der Waals surface area contributed by atoms with Crippen molar-refractivity contribution in [2.24, 2.45) is 0 Å². The van der Waals surface area contributed by atoms with Crippen LogP contribution in [0.5, 0.6) is 0 Å². The second kappa shape index (κ2) is 6.11. The predicted molar refractivity (Wildman–Crippen MR) is 92.1 cm³/mol. The monoisotopic (exact) mass is 352 g/mol. The maximum atomic E-state index is 14.0. The van der Waals surface area contributed by atoms with Crippen molar-refractivity contribution in [2.75, 3.05) is 0 Å². The number of carbonyl (C=O) groups excluding carboxylic acids is 2. The number of cyclic esters (lactones) is 1. The summed E-state index contributed by atoms with van der Waals surface area (Å²) in [5.74, 6) is -0.902. The van der Waals surface area contributed by atoms with Gasteiger partial charge >= 0.3 is 6.09 Å². The van der Waals surface area contributed by atoms with Gasteiger partial charge in [-0.1, -0.05) is 30.3 Å². The molecule has 6 nitrogen and oxygen atoms in total. The van der Waals surface area contributed by atoms with Crippen molar-refractivity contribution in [3.8, 4) is 11.3 Å². The number of H-pyrrole nitrogens is 1. The molecule has 2 amide bonds. The first-order chi connectivity index (χ1) is 12.5. The van der Waals surface area contributed by atoms with Gasteiger partial charge < -0.3 is 9.72 Å². The Morgan fingerprint density at radius 1 is 1.04 bits per heavy atom. The summed E-state index contributed by atoms with van der Waals surface area (Å²) in [5, 5.41) is 3.25. The van der Waals surface area contributed by atoms with Crippen LogP contribution in [0.3, 0.4) is 0 Å². The van der Waals surface area contributed by atoms with Gasteiger partial charge in [-0.05, 0) is 29.1 Å². The average Bonchev–Trinajstić information content (AvgIpc) is 2.94. The quantitative estimate of drug-likeness (QED) is 0.758. The molecule has 2 N–H and O–H groups in total. The normalized spacial score (nSPS) is 16.6. The lowest BCUT2D eigenvalue weighted by molar-refractivity contribution is -0.123. The van der Waals surface area contributed by atoms with Gasteiger partial charge in [0.25, 0.3) is 11.5 Å². The maximum absolute atomic E-state index is 14.0. The number of aromatic amines is 1. The molecule has 7 heteroatoms. The van der Waals surface area contributed by atoms with E-state index in [2.05, 4.69) is 4.98 Å². The zero-order chi connectivity index (χ0) is 18.3. The number of carbonyl (C=O) groups is 2. The van der Waals surface area contributed by atoms with Gasteiger partial charge in [-0.25, -0.2) is 9.18 Å². The molecule has 0 saturated carbocycles. The molecule has 1 saturated heterocycles. The summed E-state index contributed by atoms with van der Waals surface area (Å²) in [4.78, 5) is 37.6. The molecular weight excluding hydrogens is 339 g/mol. The van der Waals surface area contributed by atoms with Crippen molar-refractivity contribution in [1.82, 2.24) is 10.3 Å². The molecule has 1 unspecified atom stereocenters. The number of benzene rings is 2. The van der Waals surface area contributed by atoms with E-state index in [1.54, 1.807) is 36.4 Å². The Labute approximate surface area is 146 Å². The molecule has 0 bridgehead atoms. The van der Waals surface area contributed by atoms with Crippen molar-refractivity contribution in [3.63, 3.8) is 0 Å². The Morgan fingerprint density at radius 3 is 2.62 bits per heavy atom. The zero-order valence-corrected chi connectivity index (χ0v) is 13.4. The van der Waals surface area contributed by atoms with Gasteiger partial charge in [-0.3, -0.25) is 14.9 Å². The highest BCUT2D eigenvalue weighted by Gasteiger charge is 2.32. The van der Waals surface area contributed by atoms with Crippen molar-refractivity contribution in [3.05, 3.63) is 70.3 Å². The van der Waals surface area contributed by atoms with Crippen LogP contribution in [0.2, 0.25) is 0 Å². The SMILES string of the molecule is O=C1NC(=O)C(Cc2ccc(-c3ccc4cccc(F)c4c3)[nH]c2=O)O1. The van der Waals surface area contributed by atoms with Crippen molar-refractivity contribution in [1.29, 1.82) is 0 Å². The first-order valence-corrected chi connectivity index (χ1v) is 7.93. The maximum Gasteiger partial charge on any atom is 0.414 e. The molecule has 2 heterocycles. The summed E-state index contributed by atoms with van der Waals surface area (Å²) < 4.78 is 18.8. The van der Waals surface area contributed by atoms with Gasteiger partial charge in [-0.2, -0.15) is 0 Å². The zero-order valence-electron chi connectivity index (χ0n) is 13.4. The second-order valence-electron chi connectivity index (χ2n) is 5.99. The summed E-state index contributed by atoms with van der Waals surface area (Å²) in [5.41, 5.74) is 1.11. The summed E-state index contributed by atoms with van der Waals surface area (Å²) in [6.45, 7) is 0. The first kappa shape index (κ1) is 16.0. The Hall–Kier alpha value is -3.48. The number of ether oxygens (including phenoxy) is 1. The number of pyridine rings is 1. The Balaban J connectivity index is 1.66. The minimum absolute atomic E-state index is 0.0144. The molecule has 0 spiro atoms. The number of fused-ring (bicyclic) bond motifs is 1. The van der Waals surface area contributed by atoms with Gasteiger partial charge in [0.05, 0.1) is 0 Å². The third-order valence-electron chi connectivity index (χ3n) is 4.30. The number of aromatic nitrogens is 1. The third kappa shape index (κ3) is 2.83. The molecule has 26 heavy (non-hydrogen) atoms. The lowest BCUT2D eigenvalue weighted by Crippen LogP contribution is -2.28. The Bertz CT molecular complexity index is 1110. The number of halogens is 1. The van der Waals surface area contributed by atoms with Gasteiger partial charge in [-0.15, -0.1) is 0 Å². The lowest BCUT2D eigenvalue weighted by Gasteiger charge is -2.08. The second-order valence-corrected chi connectivity index (χ2v) is 5.99. The standard InChI is InChI=1S/C19H13FN2O4/c20-14-3-1-2-10-4-5-11(8-13(10)14)15-7-6-12(17(23)21-15)9-16-18(24)22-19(25)26-16/h1-8,16H,9H2,(H,21,23)(H,22,24,25). The van der Waals surface area contributed by atoms with Crippen molar-refractivity contribution >= 4 is 22.8 Å². The predicted octanol–water partition coefficient (Wildman–Crippen LogP) is 2.51. The van der Waals surface area contributed by atoms with Crippen LogP contribution >= 0.6 is 0 Å². The molecule has 1 fully saturated rings. The molecule has 0 radical (unpaired) electrons. The highest BCUT2D eigenvalue weighted by molar-refractivity contribution is 6.00. The molecule has 3 aromatic rings. The van der Waals surface area contributed by atoms with Crippen molar-refractivity contribution < 1.29 is 18.7 Å². The Morgan fingerprint density at radius 2 is 1.88 bits per heavy atom. The molecule has 0 aliphatic carbocycles. The smallest absolute Gasteiger partial charge is 0.414 e. The third-order valence-corrected chi connectivity index (χ3v) is 4.30. The topological polar surface area (TPSA) is 88.3 Å². The van der Waals surface area contributed by atoms with E-state index < -0.39 is 23.7 Å². The van der Waals surface area contributed by atoms with Crippen LogP contribution in [0, 0.1) is 5.82 Å². The van der Waals surface area contributed by atoms with Crippen LogP contribution in [0.25, 0.3) is 22.0 Å². The van der Waals surface area contributed by atoms with E-state index in [1.165, 1.54) is 6.07 Å². The summed E-state index contributed by atoms with van der Waals surface area (Å²) in [6, 6.07) is 13.3. The number of nitrogens with one attached hydrogen (secondary N) is 2. The van der Waals surface area contributed by atoms with Gasteiger partial charge in [0, 0.05) is 23.1 Å². The number of imide groups is 1. The summed E-state index contributed by atoms with van der Waals surface area (Å²) in [6.07, 6.45) is -1.84. The minimum Gasteiger partial charge on any atom is -0.435 e. The average molecular weight is 352 g/mol.